The number of hydrogen-bond acceptors (Lipinski definition) is 8. The van der Waals surface area contributed by atoms with Gasteiger partial charge in [0.25, 0.3) is 5.91 Å². The summed E-state index contributed by atoms with van der Waals surface area (Å²) in [4.78, 5) is 31.8. The van der Waals surface area contributed by atoms with Crippen LogP contribution in [0.1, 0.15) is 16.8 Å². The van der Waals surface area contributed by atoms with E-state index in [9.17, 15) is 9.59 Å². The minimum absolute atomic E-state index is 0.0942. The first-order valence-electron chi connectivity index (χ1n) is 11.0. The van der Waals surface area contributed by atoms with Crippen LogP contribution in [0.5, 0.6) is 23.1 Å². The number of carbonyl (C=O) groups excluding carboxylic acids is 1. The number of benzene rings is 3. The van der Waals surface area contributed by atoms with Crippen molar-refractivity contribution in [1.29, 1.82) is 0 Å². The van der Waals surface area contributed by atoms with Crippen molar-refractivity contribution in [1.82, 2.24) is 9.97 Å². The van der Waals surface area contributed by atoms with Crippen molar-refractivity contribution in [3.8, 4) is 23.1 Å². The number of carboxylic acids is 1. The molecule has 0 aliphatic rings. The van der Waals surface area contributed by atoms with Crippen molar-refractivity contribution in [2.24, 2.45) is 5.73 Å². The number of nitrogens with two attached hydrogens (primary N) is 1. The molecule has 0 saturated heterocycles. The van der Waals surface area contributed by atoms with E-state index in [0.29, 0.717) is 45.3 Å². The molecule has 1 atom stereocenters. The highest BCUT2D eigenvalue weighted by molar-refractivity contribution is 6.04. The maximum absolute atomic E-state index is 12.3. The van der Waals surface area contributed by atoms with E-state index in [1.165, 1.54) is 13.4 Å². The lowest BCUT2D eigenvalue weighted by Crippen LogP contribution is -2.31. The molecule has 0 spiro atoms. The van der Waals surface area contributed by atoms with E-state index in [2.05, 4.69) is 15.3 Å². The lowest BCUT2D eigenvalue weighted by atomic mass is 10.2. The largest absolute Gasteiger partial charge is 0.493 e. The molecule has 184 valence electrons. The number of nitrogens with zero attached hydrogens (tertiary/aromatic N) is 2. The molecular weight excluding hydrogens is 464 g/mol. The van der Waals surface area contributed by atoms with Crippen LogP contribution in [-0.4, -0.2) is 46.7 Å². The van der Waals surface area contributed by atoms with Gasteiger partial charge in [-0.15, -0.1) is 0 Å². The lowest BCUT2D eigenvalue weighted by molar-refractivity contribution is -0.138. The van der Waals surface area contributed by atoms with Crippen LogP contribution in [0.2, 0.25) is 0 Å². The minimum Gasteiger partial charge on any atom is -0.493 e. The Morgan fingerprint density at radius 2 is 1.78 bits per heavy atom. The highest BCUT2D eigenvalue weighted by Crippen LogP contribution is 2.36. The Morgan fingerprint density at radius 3 is 2.47 bits per heavy atom. The molecule has 0 aliphatic carbocycles. The molecule has 0 bridgehead atoms. The molecule has 4 aromatic rings. The normalized spacial score (nSPS) is 11.5. The smallest absolute Gasteiger partial charge is 0.320 e. The van der Waals surface area contributed by atoms with Gasteiger partial charge in [-0.1, -0.05) is 18.2 Å². The summed E-state index contributed by atoms with van der Waals surface area (Å²) in [5.74, 6) is 0.315. The average Bonchev–Trinajstić information content (AvgIpc) is 2.90. The summed E-state index contributed by atoms with van der Waals surface area (Å²) in [6, 6.07) is 18.2. The van der Waals surface area contributed by atoms with Gasteiger partial charge in [-0.2, -0.15) is 0 Å². The van der Waals surface area contributed by atoms with Crippen LogP contribution in [0.15, 0.2) is 73.1 Å². The predicted octanol–water partition coefficient (Wildman–Crippen LogP) is 3.86. The van der Waals surface area contributed by atoms with Gasteiger partial charge < -0.3 is 30.4 Å². The number of ether oxygens (including phenoxy) is 3. The number of aliphatic carboxylic acids is 1. The highest BCUT2D eigenvalue weighted by atomic mass is 16.5. The number of carbonyl (C=O) groups is 2. The zero-order chi connectivity index (χ0) is 25.5. The molecule has 36 heavy (non-hydrogen) atoms. The Hall–Kier alpha value is -4.70. The second-order valence-corrected chi connectivity index (χ2v) is 7.73. The molecule has 4 N–H and O–H groups in total. The average molecular weight is 489 g/mol. The maximum Gasteiger partial charge on any atom is 0.320 e. The molecule has 10 nitrogen and oxygen atoms in total. The number of hydrogen-bond donors (Lipinski definition) is 3. The summed E-state index contributed by atoms with van der Waals surface area (Å²) in [7, 11) is 1.49. The highest BCUT2D eigenvalue weighted by Gasteiger charge is 2.15. The number of carboxylic acid groups (broad SMARTS) is 1. The third kappa shape index (κ3) is 5.86. The van der Waals surface area contributed by atoms with E-state index >= 15 is 0 Å². The molecule has 4 rings (SSSR count). The minimum atomic E-state index is -1.09. The van der Waals surface area contributed by atoms with Gasteiger partial charge in [0.05, 0.1) is 24.6 Å². The number of fused-ring (bicyclic) bond motifs is 1. The molecule has 3 aromatic carbocycles. The third-order valence-electron chi connectivity index (χ3n) is 5.25. The Bertz CT molecular complexity index is 1360. The Kier molecular flexibility index (Phi) is 7.57. The summed E-state index contributed by atoms with van der Waals surface area (Å²) in [6.45, 7) is 0.0942. The van der Waals surface area contributed by atoms with Gasteiger partial charge in [0.15, 0.2) is 11.5 Å². The monoisotopic (exact) mass is 488 g/mol. The zero-order valence-electron chi connectivity index (χ0n) is 19.4. The summed E-state index contributed by atoms with van der Waals surface area (Å²) in [6.07, 6.45) is 1.50. The van der Waals surface area contributed by atoms with Crippen molar-refractivity contribution >= 4 is 28.5 Å². The summed E-state index contributed by atoms with van der Waals surface area (Å²) < 4.78 is 17.1. The SMILES string of the molecule is COc1cc2c(Oc3ccc(NC(=O)c4ccccc4)cc3)ncnc2cc1OCCC(N)C(=O)O. The Morgan fingerprint density at radius 1 is 1.03 bits per heavy atom. The third-order valence-corrected chi connectivity index (χ3v) is 5.25. The molecule has 0 fully saturated rings. The Labute approximate surface area is 206 Å². The standard InChI is InChI=1S/C26H24N4O6/c1-34-22-13-19-21(14-23(22)35-12-11-20(27)26(32)33)28-15-29-25(19)36-18-9-7-17(8-10-18)30-24(31)16-5-3-2-4-6-16/h2-10,13-15,20H,11-12,27H2,1H3,(H,30,31)(H,32,33). The van der Waals surface area contributed by atoms with Crippen LogP contribution in [0.4, 0.5) is 5.69 Å². The number of nitrogens with one attached hydrogen (secondary N) is 1. The topological polar surface area (TPSA) is 146 Å². The molecule has 1 aromatic heterocycles. The van der Waals surface area contributed by atoms with Crippen molar-refractivity contribution in [3.63, 3.8) is 0 Å². The summed E-state index contributed by atoms with van der Waals surface area (Å²) in [5.41, 5.74) is 7.25. The van der Waals surface area contributed by atoms with Crippen LogP contribution in [0.3, 0.4) is 0 Å². The van der Waals surface area contributed by atoms with Crippen molar-refractivity contribution in [2.75, 3.05) is 19.0 Å². The van der Waals surface area contributed by atoms with Crippen molar-refractivity contribution in [3.05, 3.63) is 78.6 Å². The van der Waals surface area contributed by atoms with Gasteiger partial charge in [-0.05, 0) is 42.5 Å². The quantitative estimate of drug-likeness (QED) is 0.303. The van der Waals surface area contributed by atoms with Crippen molar-refractivity contribution in [2.45, 2.75) is 12.5 Å². The first-order valence-corrected chi connectivity index (χ1v) is 11.0. The second kappa shape index (κ2) is 11.2. The fraction of sp³-hybridized carbons (Fsp3) is 0.154. The number of aromatic nitrogens is 2. The molecule has 1 unspecified atom stereocenters. The molecule has 10 heteroatoms. The fourth-order valence-corrected chi connectivity index (χ4v) is 3.32. The molecule has 1 heterocycles. The maximum atomic E-state index is 12.3. The lowest BCUT2D eigenvalue weighted by Gasteiger charge is -2.14. The molecule has 0 radical (unpaired) electrons. The van der Waals surface area contributed by atoms with E-state index in [1.54, 1.807) is 60.7 Å². The summed E-state index contributed by atoms with van der Waals surface area (Å²) >= 11 is 0. The fourth-order valence-electron chi connectivity index (χ4n) is 3.32. The van der Waals surface area contributed by atoms with Crippen LogP contribution in [0, 0.1) is 0 Å². The van der Waals surface area contributed by atoms with Gasteiger partial charge >= 0.3 is 5.97 Å². The zero-order valence-corrected chi connectivity index (χ0v) is 19.4. The first-order chi connectivity index (χ1) is 17.4. The van der Waals surface area contributed by atoms with Gasteiger partial charge in [-0.25, -0.2) is 9.97 Å². The van der Waals surface area contributed by atoms with Crippen LogP contribution in [-0.2, 0) is 4.79 Å². The first kappa shape index (κ1) is 24.4. The van der Waals surface area contributed by atoms with Gasteiger partial charge in [-0.3, -0.25) is 9.59 Å². The van der Waals surface area contributed by atoms with Gasteiger partial charge in [0, 0.05) is 23.7 Å². The molecule has 0 saturated carbocycles. The van der Waals surface area contributed by atoms with E-state index in [0.717, 1.165) is 0 Å². The number of rotatable bonds is 10. The molecular formula is C26H24N4O6. The van der Waals surface area contributed by atoms with Gasteiger partial charge in [0.1, 0.15) is 18.1 Å². The predicted molar refractivity (Wildman–Crippen MR) is 133 cm³/mol. The van der Waals surface area contributed by atoms with Crippen molar-refractivity contribution < 1.29 is 28.9 Å². The second-order valence-electron chi connectivity index (χ2n) is 7.73. The van der Waals surface area contributed by atoms with Gasteiger partial charge in [0.2, 0.25) is 5.88 Å². The number of amides is 1. The van der Waals surface area contributed by atoms with E-state index in [-0.39, 0.29) is 18.9 Å². The van der Waals surface area contributed by atoms with E-state index in [1.807, 2.05) is 6.07 Å². The van der Waals surface area contributed by atoms with Crippen LogP contribution >= 0.6 is 0 Å². The Balaban J connectivity index is 1.48. The van der Waals surface area contributed by atoms with E-state index < -0.39 is 12.0 Å². The summed E-state index contributed by atoms with van der Waals surface area (Å²) in [5, 5.41) is 12.3. The van der Waals surface area contributed by atoms with Crippen LogP contribution < -0.4 is 25.3 Å². The van der Waals surface area contributed by atoms with E-state index in [4.69, 9.17) is 25.1 Å². The van der Waals surface area contributed by atoms with Crippen LogP contribution in [0.25, 0.3) is 10.9 Å². The number of anilines is 1. The number of methoxy groups -OCH3 is 1. The molecule has 1 amide bonds. The molecule has 0 aliphatic heterocycles.